The number of pyridine rings is 1. The van der Waals surface area contributed by atoms with Gasteiger partial charge in [0.2, 0.25) is 0 Å². The number of nitrogens with one attached hydrogen (secondary N) is 1. The van der Waals surface area contributed by atoms with Gasteiger partial charge >= 0.3 is 6.03 Å². The predicted octanol–water partition coefficient (Wildman–Crippen LogP) is 4.09. The topological polar surface area (TPSA) is 61.6 Å². The lowest BCUT2D eigenvalue weighted by Gasteiger charge is -2.18. The summed E-state index contributed by atoms with van der Waals surface area (Å²) in [5.74, 6) is 1.72. The van der Waals surface area contributed by atoms with E-state index in [0.717, 1.165) is 35.6 Å². The van der Waals surface area contributed by atoms with Crippen LogP contribution in [0.5, 0.6) is 0 Å². The Kier molecular flexibility index (Phi) is 4.48. The van der Waals surface area contributed by atoms with Gasteiger partial charge in [0.05, 0.1) is 18.4 Å². The molecule has 0 unspecified atom stereocenters. The lowest BCUT2D eigenvalue weighted by atomic mass is 10.2. The molecule has 0 aliphatic carbocycles. The van der Waals surface area contributed by atoms with Gasteiger partial charge in [0.25, 0.3) is 0 Å². The molecule has 134 valence electrons. The van der Waals surface area contributed by atoms with Crippen LogP contribution in [-0.2, 0) is 6.54 Å². The van der Waals surface area contributed by atoms with E-state index in [4.69, 9.17) is 4.42 Å². The van der Waals surface area contributed by atoms with Crippen molar-refractivity contribution in [1.29, 1.82) is 0 Å². The Hall–Kier alpha value is -3.02. The average molecular weight is 350 g/mol. The van der Waals surface area contributed by atoms with E-state index in [1.165, 1.54) is 12.8 Å². The van der Waals surface area contributed by atoms with Gasteiger partial charge in [-0.15, -0.1) is 0 Å². The fraction of sp³-hybridized carbons (Fsp3) is 0.300. The monoisotopic (exact) mass is 350 g/mol. The molecule has 1 fully saturated rings. The Labute approximate surface area is 152 Å². The third-order valence-corrected chi connectivity index (χ3v) is 4.65. The van der Waals surface area contributed by atoms with Gasteiger partial charge in [-0.25, -0.2) is 9.78 Å². The highest BCUT2D eigenvalue weighted by Gasteiger charge is 2.15. The summed E-state index contributed by atoms with van der Waals surface area (Å²) in [5, 5.41) is 3.92. The number of amides is 2. The zero-order valence-corrected chi connectivity index (χ0v) is 14.8. The largest absolute Gasteiger partial charge is 0.459 e. The molecule has 2 amide bonds. The molecule has 1 aromatic carbocycles. The van der Waals surface area contributed by atoms with Gasteiger partial charge in [0, 0.05) is 25.5 Å². The second kappa shape index (κ2) is 7.07. The van der Waals surface area contributed by atoms with Crippen LogP contribution < -0.4 is 10.2 Å². The summed E-state index contributed by atoms with van der Waals surface area (Å²) in [6.07, 6.45) is 4.14. The molecule has 0 radical (unpaired) electrons. The molecule has 0 bridgehead atoms. The summed E-state index contributed by atoms with van der Waals surface area (Å²) < 4.78 is 5.77. The predicted molar refractivity (Wildman–Crippen MR) is 102 cm³/mol. The Morgan fingerprint density at radius 1 is 1.23 bits per heavy atom. The second-order valence-electron chi connectivity index (χ2n) is 6.64. The molecule has 4 rings (SSSR count). The Bertz CT molecular complexity index is 865. The van der Waals surface area contributed by atoms with Gasteiger partial charge < -0.3 is 19.5 Å². The fourth-order valence-electron chi connectivity index (χ4n) is 3.23. The van der Waals surface area contributed by atoms with Crippen LogP contribution in [0.4, 0.5) is 16.3 Å². The van der Waals surface area contributed by atoms with Crippen LogP contribution in [0.2, 0.25) is 0 Å². The van der Waals surface area contributed by atoms with Crippen LogP contribution in [0.3, 0.4) is 0 Å². The van der Waals surface area contributed by atoms with E-state index in [0.29, 0.717) is 12.2 Å². The molecular formula is C20H22N4O2. The summed E-state index contributed by atoms with van der Waals surface area (Å²) in [6, 6.07) is 13.4. The van der Waals surface area contributed by atoms with Gasteiger partial charge in [-0.3, -0.25) is 0 Å². The van der Waals surface area contributed by atoms with Crippen molar-refractivity contribution in [3.63, 3.8) is 0 Å². The number of fused-ring (bicyclic) bond motifs is 1. The molecule has 1 aliphatic heterocycles. The summed E-state index contributed by atoms with van der Waals surface area (Å²) in [6.45, 7) is 2.51. The minimum Gasteiger partial charge on any atom is -0.459 e. The third-order valence-electron chi connectivity index (χ3n) is 4.65. The zero-order chi connectivity index (χ0) is 17.9. The Morgan fingerprint density at radius 2 is 2.04 bits per heavy atom. The van der Waals surface area contributed by atoms with Crippen LogP contribution in [0.1, 0.15) is 18.6 Å². The average Bonchev–Trinajstić information content (AvgIpc) is 3.31. The van der Waals surface area contributed by atoms with Crippen molar-refractivity contribution in [3.8, 4) is 0 Å². The lowest BCUT2D eigenvalue weighted by molar-refractivity contribution is 0.217. The van der Waals surface area contributed by atoms with Gasteiger partial charge in [0.15, 0.2) is 0 Å². The first kappa shape index (κ1) is 16.4. The Morgan fingerprint density at radius 3 is 2.77 bits per heavy atom. The third kappa shape index (κ3) is 3.49. The molecule has 1 saturated heterocycles. The van der Waals surface area contributed by atoms with Crippen LogP contribution in [0.15, 0.2) is 53.1 Å². The maximum absolute atomic E-state index is 12.4. The molecule has 6 heteroatoms. The number of rotatable bonds is 4. The number of urea groups is 1. The molecule has 0 saturated carbocycles. The number of anilines is 2. The summed E-state index contributed by atoms with van der Waals surface area (Å²) >= 11 is 0. The van der Waals surface area contributed by atoms with Crippen molar-refractivity contribution in [2.24, 2.45) is 0 Å². The number of hydrogen-bond donors (Lipinski definition) is 1. The number of hydrogen-bond acceptors (Lipinski definition) is 4. The number of carbonyl (C=O) groups excluding carboxylic acids is 1. The minimum absolute atomic E-state index is 0.193. The number of furan rings is 1. The number of para-hydroxylation sites is 1. The molecule has 0 spiro atoms. The smallest absolute Gasteiger partial charge is 0.322 e. The maximum Gasteiger partial charge on any atom is 0.322 e. The highest BCUT2D eigenvalue weighted by atomic mass is 16.3. The van der Waals surface area contributed by atoms with Gasteiger partial charge in [0.1, 0.15) is 17.2 Å². The highest BCUT2D eigenvalue weighted by molar-refractivity contribution is 5.89. The van der Waals surface area contributed by atoms with Crippen molar-refractivity contribution >= 4 is 28.5 Å². The molecule has 2 aromatic heterocycles. The van der Waals surface area contributed by atoms with E-state index < -0.39 is 0 Å². The van der Waals surface area contributed by atoms with E-state index in [1.54, 1.807) is 18.1 Å². The number of carbonyl (C=O) groups is 1. The maximum atomic E-state index is 12.4. The SMILES string of the molecule is CN(Cc1cc2ccccc2o1)C(=O)Nc1ccc(N2CCCC2)nc1. The van der Waals surface area contributed by atoms with Crippen molar-refractivity contribution in [2.75, 3.05) is 30.4 Å². The normalized spacial score (nSPS) is 14.0. The summed E-state index contributed by atoms with van der Waals surface area (Å²) in [7, 11) is 1.74. The number of benzene rings is 1. The van der Waals surface area contributed by atoms with E-state index in [-0.39, 0.29) is 6.03 Å². The van der Waals surface area contributed by atoms with Gasteiger partial charge in [-0.05, 0) is 37.1 Å². The molecular weight excluding hydrogens is 328 g/mol. The number of aromatic nitrogens is 1. The van der Waals surface area contributed by atoms with Crippen molar-refractivity contribution in [1.82, 2.24) is 9.88 Å². The highest BCUT2D eigenvalue weighted by Crippen LogP contribution is 2.21. The molecule has 3 aromatic rings. The molecule has 3 heterocycles. The minimum atomic E-state index is -0.193. The molecule has 6 nitrogen and oxygen atoms in total. The van der Waals surface area contributed by atoms with Gasteiger partial charge in [-0.2, -0.15) is 0 Å². The summed E-state index contributed by atoms with van der Waals surface area (Å²) in [4.78, 5) is 20.7. The van der Waals surface area contributed by atoms with Crippen LogP contribution in [0.25, 0.3) is 11.0 Å². The molecule has 26 heavy (non-hydrogen) atoms. The van der Waals surface area contributed by atoms with E-state index in [1.807, 2.05) is 42.5 Å². The first-order valence-electron chi connectivity index (χ1n) is 8.89. The molecule has 1 N–H and O–H groups in total. The van der Waals surface area contributed by atoms with Crippen LogP contribution in [0, 0.1) is 0 Å². The first-order chi connectivity index (χ1) is 12.7. The zero-order valence-electron chi connectivity index (χ0n) is 14.8. The quantitative estimate of drug-likeness (QED) is 0.770. The standard InChI is InChI=1S/C20H22N4O2/c1-23(14-17-12-15-6-2-3-7-18(15)26-17)20(25)22-16-8-9-19(21-13-16)24-10-4-5-11-24/h2-3,6-9,12-13H,4-5,10-11,14H2,1H3,(H,22,25). The van der Waals surface area contributed by atoms with Crippen molar-refractivity contribution < 1.29 is 9.21 Å². The first-order valence-corrected chi connectivity index (χ1v) is 8.89. The lowest BCUT2D eigenvalue weighted by Crippen LogP contribution is -2.30. The fourth-order valence-corrected chi connectivity index (χ4v) is 3.23. The van der Waals surface area contributed by atoms with E-state index in [9.17, 15) is 4.79 Å². The van der Waals surface area contributed by atoms with Crippen LogP contribution >= 0.6 is 0 Å². The van der Waals surface area contributed by atoms with Crippen molar-refractivity contribution in [3.05, 3.63) is 54.4 Å². The van der Waals surface area contributed by atoms with Crippen LogP contribution in [-0.4, -0.2) is 36.1 Å². The molecule has 1 aliphatic rings. The summed E-state index contributed by atoms with van der Waals surface area (Å²) in [5.41, 5.74) is 1.52. The Balaban J connectivity index is 1.37. The van der Waals surface area contributed by atoms with E-state index in [2.05, 4.69) is 15.2 Å². The molecule has 0 atom stereocenters. The second-order valence-corrected chi connectivity index (χ2v) is 6.64. The van der Waals surface area contributed by atoms with Gasteiger partial charge in [-0.1, -0.05) is 18.2 Å². The van der Waals surface area contributed by atoms with Crippen molar-refractivity contribution in [2.45, 2.75) is 19.4 Å². The van der Waals surface area contributed by atoms with E-state index >= 15 is 0 Å². The number of nitrogens with zero attached hydrogens (tertiary/aromatic N) is 3.